The largest absolute Gasteiger partial charge is 0.494 e. The first-order chi connectivity index (χ1) is 15.7. The standard InChI is InChI=1S/C25H27N3O3S/c1-3-5-6-9-16-31-20-14-12-18(13-15-20)23-26-25-28(27-23)24(29)22(32-25)17-19-10-7-8-11-21(19)30-4-2/h7-8,10-15,17H,3-6,9,16H2,1-2H3/b22-17-. The number of thiazole rings is 1. The van der Waals surface area contributed by atoms with E-state index in [0.717, 1.165) is 35.7 Å². The Kier molecular flexibility index (Phi) is 7.17. The summed E-state index contributed by atoms with van der Waals surface area (Å²) in [6, 6.07) is 15.4. The second-order valence-electron chi connectivity index (χ2n) is 7.45. The Labute approximate surface area is 191 Å². The quantitative estimate of drug-likeness (QED) is 0.328. The molecule has 0 aliphatic rings. The van der Waals surface area contributed by atoms with Crippen molar-refractivity contribution < 1.29 is 9.47 Å². The fourth-order valence-electron chi connectivity index (χ4n) is 3.40. The average Bonchev–Trinajstić information content (AvgIpc) is 3.35. The highest BCUT2D eigenvalue weighted by Gasteiger charge is 2.12. The van der Waals surface area contributed by atoms with Gasteiger partial charge in [-0.25, -0.2) is 0 Å². The molecule has 32 heavy (non-hydrogen) atoms. The van der Waals surface area contributed by atoms with E-state index in [1.165, 1.54) is 35.1 Å². The molecule has 0 fully saturated rings. The first-order valence-corrected chi connectivity index (χ1v) is 11.9. The van der Waals surface area contributed by atoms with Crippen LogP contribution in [-0.4, -0.2) is 27.8 Å². The van der Waals surface area contributed by atoms with Gasteiger partial charge in [0.2, 0.25) is 4.96 Å². The zero-order valence-electron chi connectivity index (χ0n) is 18.4. The van der Waals surface area contributed by atoms with Crippen molar-refractivity contribution in [2.24, 2.45) is 0 Å². The summed E-state index contributed by atoms with van der Waals surface area (Å²) in [5.41, 5.74) is 1.54. The van der Waals surface area contributed by atoms with Crippen LogP contribution < -0.4 is 19.6 Å². The van der Waals surface area contributed by atoms with Gasteiger partial charge in [0.15, 0.2) is 5.82 Å². The van der Waals surface area contributed by atoms with Gasteiger partial charge in [0.05, 0.1) is 17.7 Å². The second-order valence-corrected chi connectivity index (χ2v) is 8.46. The predicted octanol–water partition coefficient (Wildman–Crippen LogP) is 4.72. The number of rotatable bonds is 10. The molecule has 0 atom stereocenters. The number of unbranched alkanes of at least 4 members (excludes halogenated alkanes) is 3. The third kappa shape index (κ3) is 4.99. The van der Waals surface area contributed by atoms with Crippen LogP contribution in [0, 0.1) is 0 Å². The van der Waals surface area contributed by atoms with Gasteiger partial charge in [0.1, 0.15) is 11.5 Å². The van der Waals surface area contributed by atoms with Crippen LogP contribution >= 0.6 is 11.3 Å². The van der Waals surface area contributed by atoms with Crippen molar-refractivity contribution in [2.75, 3.05) is 13.2 Å². The lowest BCUT2D eigenvalue weighted by Crippen LogP contribution is -2.23. The van der Waals surface area contributed by atoms with Crippen LogP contribution in [0.1, 0.15) is 45.1 Å². The second kappa shape index (κ2) is 10.4. The molecule has 0 spiro atoms. The van der Waals surface area contributed by atoms with Crippen molar-refractivity contribution >= 4 is 22.4 Å². The lowest BCUT2D eigenvalue weighted by atomic mass is 10.2. The highest BCUT2D eigenvalue weighted by atomic mass is 32.1. The summed E-state index contributed by atoms with van der Waals surface area (Å²) in [7, 11) is 0. The lowest BCUT2D eigenvalue weighted by molar-refractivity contribution is 0.305. The maximum Gasteiger partial charge on any atom is 0.291 e. The normalized spacial score (nSPS) is 11.9. The maximum atomic E-state index is 12.9. The topological polar surface area (TPSA) is 65.7 Å². The molecule has 7 heteroatoms. The van der Waals surface area contributed by atoms with Gasteiger partial charge in [-0.3, -0.25) is 4.79 Å². The van der Waals surface area contributed by atoms with Crippen molar-refractivity contribution in [3.63, 3.8) is 0 Å². The third-order valence-electron chi connectivity index (χ3n) is 5.07. The van der Waals surface area contributed by atoms with E-state index in [-0.39, 0.29) is 5.56 Å². The Morgan fingerprint density at radius 1 is 1.00 bits per heavy atom. The van der Waals surface area contributed by atoms with Gasteiger partial charge in [-0.05, 0) is 49.8 Å². The molecule has 6 nitrogen and oxygen atoms in total. The molecule has 0 saturated heterocycles. The van der Waals surface area contributed by atoms with Crippen molar-refractivity contribution in [3.8, 4) is 22.9 Å². The number of para-hydroxylation sites is 1. The van der Waals surface area contributed by atoms with Crippen molar-refractivity contribution in [3.05, 3.63) is 69.0 Å². The van der Waals surface area contributed by atoms with E-state index < -0.39 is 0 Å². The minimum absolute atomic E-state index is 0.179. The number of ether oxygens (including phenoxy) is 2. The smallest absolute Gasteiger partial charge is 0.291 e. The van der Waals surface area contributed by atoms with Crippen LogP contribution in [0.4, 0.5) is 0 Å². The van der Waals surface area contributed by atoms with E-state index in [1.807, 2.05) is 61.5 Å². The lowest BCUT2D eigenvalue weighted by Gasteiger charge is -2.06. The molecule has 0 aliphatic carbocycles. The highest BCUT2D eigenvalue weighted by molar-refractivity contribution is 7.15. The minimum atomic E-state index is -0.179. The number of fused-ring (bicyclic) bond motifs is 1. The molecule has 2 heterocycles. The summed E-state index contributed by atoms with van der Waals surface area (Å²) >= 11 is 1.32. The molecule has 2 aromatic carbocycles. The minimum Gasteiger partial charge on any atom is -0.494 e. The van der Waals surface area contributed by atoms with Crippen molar-refractivity contribution in [1.29, 1.82) is 0 Å². The first kappa shape index (κ1) is 22.0. The van der Waals surface area contributed by atoms with Crippen LogP contribution in [-0.2, 0) is 0 Å². The van der Waals surface area contributed by atoms with Crippen molar-refractivity contribution in [1.82, 2.24) is 14.6 Å². The van der Waals surface area contributed by atoms with Gasteiger partial charge < -0.3 is 9.47 Å². The summed E-state index contributed by atoms with van der Waals surface area (Å²) in [5, 5.41) is 4.44. The molecule has 0 radical (unpaired) electrons. The van der Waals surface area contributed by atoms with E-state index in [9.17, 15) is 4.79 Å². The molecule has 0 unspecified atom stereocenters. The van der Waals surface area contributed by atoms with Crippen LogP contribution in [0.2, 0.25) is 0 Å². The maximum absolute atomic E-state index is 12.9. The first-order valence-electron chi connectivity index (χ1n) is 11.1. The molecule has 4 rings (SSSR count). The molecular formula is C25H27N3O3S. The number of nitrogens with zero attached hydrogens (tertiary/aromatic N) is 3. The predicted molar refractivity (Wildman–Crippen MR) is 129 cm³/mol. The van der Waals surface area contributed by atoms with Gasteiger partial charge in [-0.2, -0.15) is 9.50 Å². The van der Waals surface area contributed by atoms with Crippen LogP contribution in [0.25, 0.3) is 22.4 Å². The van der Waals surface area contributed by atoms with Crippen LogP contribution in [0.3, 0.4) is 0 Å². The molecule has 0 amide bonds. The highest BCUT2D eigenvalue weighted by Crippen LogP contribution is 2.21. The van der Waals surface area contributed by atoms with E-state index >= 15 is 0 Å². The Morgan fingerprint density at radius 2 is 1.81 bits per heavy atom. The monoisotopic (exact) mass is 449 g/mol. The molecule has 2 aromatic heterocycles. The van der Waals surface area contributed by atoms with Gasteiger partial charge in [-0.15, -0.1) is 5.10 Å². The van der Waals surface area contributed by atoms with Crippen LogP contribution in [0.5, 0.6) is 11.5 Å². The molecule has 0 bridgehead atoms. The fraction of sp³-hybridized carbons (Fsp3) is 0.320. The zero-order chi connectivity index (χ0) is 22.3. The third-order valence-corrected chi connectivity index (χ3v) is 6.03. The number of hydrogen-bond donors (Lipinski definition) is 0. The Bertz CT molecular complexity index is 1280. The van der Waals surface area contributed by atoms with E-state index in [1.54, 1.807) is 0 Å². The van der Waals surface area contributed by atoms with Gasteiger partial charge in [-0.1, -0.05) is 55.7 Å². The van der Waals surface area contributed by atoms with E-state index in [4.69, 9.17) is 9.47 Å². The van der Waals surface area contributed by atoms with Gasteiger partial charge in [0, 0.05) is 11.1 Å². The van der Waals surface area contributed by atoms with E-state index in [0.29, 0.717) is 21.9 Å². The number of hydrogen-bond acceptors (Lipinski definition) is 6. The SMILES string of the molecule is CCCCCCOc1ccc(-c2nc3s/c(=C\c4ccccc4OCC)c(=O)n3n2)cc1. The summed E-state index contributed by atoms with van der Waals surface area (Å²) in [5.74, 6) is 2.12. The molecule has 0 N–H and O–H groups in total. The average molecular weight is 450 g/mol. The Balaban J connectivity index is 1.53. The number of benzene rings is 2. The molecule has 0 aliphatic heterocycles. The summed E-state index contributed by atoms with van der Waals surface area (Å²) in [4.78, 5) is 18.0. The molecular weight excluding hydrogens is 422 g/mol. The molecule has 0 saturated carbocycles. The van der Waals surface area contributed by atoms with Gasteiger partial charge in [0.25, 0.3) is 5.56 Å². The van der Waals surface area contributed by atoms with Crippen molar-refractivity contribution in [2.45, 2.75) is 39.5 Å². The summed E-state index contributed by atoms with van der Waals surface area (Å²) in [6.45, 7) is 5.43. The van der Waals surface area contributed by atoms with E-state index in [2.05, 4.69) is 17.0 Å². The fourth-order valence-corrected chi connectivity index (χ4v) is 4.30. The molecule has 166 valence electrons. The van der Waals surface area contributed by atoms with Crippen LogP contribution in [0.15, 0.2) is 53.3 Å². The summed E-state index contributed by atoms with van der Waals surface area (Å²) in [6.07, 6.45) is 6.55. The Morgan fingerprint density at radius 3 is 2.56 bits per heavy atom. The summed E-state index contributed by atoms with van der Waals surface area (Å²) < 4.78 is 13.4. The van der Waals surface area contributed by atoms with Gasteiger partial charge >= 0.3 is 0 Å². The Hall–Kier alpha value is -3.19. The molecule has 4 aromatic rings. The number of aromatic nitrogens is 3. The zero-order valence-corrected chi connectivity index (χ0v) is 19.2.